The molecule has 0 aliphatic carbocycles. The molecule has 1 aromatic carbocycles. The van der Waals surface area contributed by atoms with Crippen molar-refractivity contribution < 1.29 is 18.7 Å². The molecule has 1 N–H and O–H groups in total. The molecule has 0 fully saturated rings. The number of hydrogen-bond donors (Lipinski definition) is 1. The van der Waals surface area contributed by atoms with Crippen molar-refractivity contribution in [1.82, 2.24) is 0 Å². The van der Waals surface area contributed by atoms with Gasteiger partial charge >= 0.3 is 5.97 Å². The van der Waals surface area contributed by atoms with E-state index >= 15 is 0 Å². The maximum absolute atomic E-state index is 12.2. The maximum atomic E-state index is 12.2. The second kappa shape index (κ2) is 4.37. The molecule has 0 amide bonds. The Morgan fingerprint density at radius 3 is 2.64 bits per heavy atom. The van der Waals surface area contributed by atoms with Crippen LogP contribution in [0.4, 0.5) is 8.78 Å². The molecule has 1 aromatic rings. The van der Waals surface area contributed by atoms with E-state index in [-0.39, 0.29) is 22.6 Å². The first-order valence-corrected chi connectivity index (χ1v) is 4.16. The number of carboxylic acids is 1. The Labute approximate surface area is 84.1 Å². The van der Waals surface area contributed by atoms with Gasteiger partial charge in [-0.25, -0.2) is 8.78 Å². The van der Waals surface area contributed by atoms with Gasteiger partial charge in [0.25, 0.3) is 6.43 Å². The van der Waals surface area contributed by atoms with Crippen molar-refractivity contribution in [1.29, 1.82) is 0 Å². The zero-order valence-corrected chi connectivity index (χ0v) is 7.76. The van der Waals surface area contributed by atoms with Gasteiger partial charge in [-0.2, -0.15) is 0 Å². The number of rotatable bonds is 3. The normalized spacial score (nSPS) is 10.6. The van der Waals surface area contributed by atoms with Crippen LogP contribution in [0.5, 0.6) is 0 Å². The van der Waals surface area contributed by atoms with E-state index in [0.717, 1.165) is 6.07 Å². The quantitative estimate of drug-likeness (QED) is 0.851. The van der Waals surface area contributed by atoms with Gasteiger partial charge in [-0.05, 0) is 17.7 Å². The van der Waals surface area contributed by atoms with Crippen molar-refractivity contribution in [2.24, 2.45) is 0 Å². The Morgan fingerprint density at radius 1 is 1.50 bits per heavy atom. The van der Waals surface area contributed by atoms with Crippen molar-refractivity contribution in [3.63, 3.8) is 0 Å². The molecule has 0 aromatic heterocycles. The molecule has 0 spiro atoms. The molecule has 0 atom stereocenters. The third-order valence-electron chi connectivity index (χ3n) is 1.66. The van der Waals surface area contributed by atoms with E-state index in [1.54, 1.807) is 0 Å². The highest BCUT2D eigenvalue weighted by molar-refractivity contribution is 6.31. The molecule has 2 nitrogen and oxygen atoms in total. The second-order valence-electron chi connectivity index (χ2n) is 2.72. The fraction of sp³-hybridized carbons (Fsp3) is 0.222. The van der Waals surface area contributed by atoms with Gasteiger partial charge in [-0.1, -0.05) is 17.7 Å². The molecular formula is C9H7ClF2O2. The molecule has 0 aliphatic rings. The topological polar surface area (TPSA) is 37.3 Å². The highest BCUT2D eigenvalue weighted by Crippen LogP contribution is 2.24. The zero-order valence-electron chi connectivity index (χ0n) is 7.01. The van der Waals surface area contributed by atoms with Crippen molar-refractivity contribution in [3.05, 3.63) is 34.3 Å². The smallest absolute Gasteiger partial charge is 0.307 e. The van der Waals surface area contributed by atoms with Gasteiger partial charge in [0.2, 0.25) is 0 Å². The van der Waals surface area contributed by atoms with E-state index < -0.39 is 12.4 Å². The lowest BCUT2D eigenvalue weighted by atomic mass is 10.1. The first kappa shape index (κ1) is 10.9. The lowest BCUT2D eigenvalue weighted by Crippen LogP contribution is -2.01. The highest BCUT2D eigenvalue weighted by atomic mass is 35.5. The lowest BCUT2D eigenvalue weighted by Gasteiger charge is -2.04. The van der Waals surface area contributed by atoms with Crippen molar-refractivity contribution >= 4 is 17.6 Å². The van der Waals surface area contributed by atoms with Crippen molar-refractivity contribution in [3.8, 4) is 0 Å². The van der Waals surface area contributed by atoms with E-state index in [1.165, 1.54) is 12.1 Å². The summed E-state index contributed by atoms with van der Waals surface area (Å²) in [5, 5.41) is 8.67. The SMILES string of the molecule is O=C(O)Cc1cc(C(F)F)ccc1Cl. The molecule has 14 heavy (non-hydrogen) atoms. The highest BCUT2D eigenvalue weighted by Gasteiger charge is 2.11. The van der Waals surface area contributed by atoms with Crippen LogP contribution in [0, 0.1) is 0 Å². The average Bonchev–Trinajstić information content (AvgIpc) is 2.07. The molecule has 1 rings (SSSR count). The minimum absolute atomic E-state index is 0.191. The summed E-state index contributed by atoms with van der Waals surface area (Å²) in [5.41, 5.74) is -0.0115. The number of halogens is 3. The van der Waals surface area contributed by atoms with E-state index in [1.807, 2.05) is 0 Å². The minimum Gasteiger partial charge on any atom is -0.481 e. The minimum atomic E-state index is -2.61. The fourth-order valence-electron chi connectivity index (χ4n) is 1.03. The number of aliphatic carboxylic acids is 1. The summed E-state index contributed by atoms with van der Waals surface area (Å²) in [7, 11) is 0. The van der Waals surface area contributed by atoms with Crippen LogP contribution in [0.3, 0.4) is 0 Å². The van der Waals surface area contributed by atoms with Crippen LogP contribution in [0.15, 0.2) is 18.2 Å². The number of carboxylic acid groups (broad SMARTS) is 1. The van der Waals surface area contributed by atoms with E-state index in [2.05, 4.69) is 0 Å². The van der Waals surface area contributed by atoms with E-state index in [0.29, 0.717) is 0 Å². The lowest BCUT2D eigenvalue weighted by molar-refractivity contribution is -0.136. The third-order valence-corrected chi connectivity index (χ3v) is 2.03. The number of benzene rings is 1. The summed E-state index contributed by atoms with van der Waals surface area (Å²) in [6, 6.07) is 3.57. The Balaban J connectivity index is 3.02. The Hall–Kier alpha value is -1.16. The van der Waals surface area contributed by atoms with Crippen LogP contribution in [-0.2, 0) is 11.2 Å². The van der Waals surface area contributed by atoms with Crippen LogP contribution in [0.1, 0.15) is 17.6 Å². The molecule has 76 valence electrons. The standard InChI is InChI=1S/C9H7ClF2O2/c10-7-2-1-5(9(11)12)3-6(7)4-8(13)14/h1-3,9H,4H2,(H,13,14). The van der Waals surface area contributed by atoms with E-state index in [4.69, 9.17) is 16.7 Å². The monoisotopic (exact) mass is 220 g/mol. The van der Waals surface area contributed by atoms with Gasteiger partial charge in [-0.15, -0.1) is 0 Å². The van der Waals surface area contributed by atoms with Gasteiger partial charge in [0, 0.05) is 10.6 Å². The van der Waals surface area contributed by atoms with Gasteiger partial charge < -0.3 is 5.11 Å². The summed E-state index contributed by atoms with van der Waals surface area (Å²) in [5.74, 6) is -1.10. The summed E-state index contributed by atoms with van der Waals surface area (Å²) < 4.78 is 24.5. The summed E-state index contributed by atoms with van der Waals surface area (Å²) >= 11 is 5.64. The molecule has 0 saturated heterocycles. The summed E-state index contributed by atoms with van der Waals surface area (Å²) in [6.45, 7) is 0. The zero-order chi connectivity index (χ0) is 10.7. The molecule has 0 radical (unpaired) electrons. The number of alkyl halides is 2. The number of hydrogen-bond acceptors (Lipinski definition) is 1. The molecule has 0 heterocycles. The molecule has 0 saturated carbocycles. The number of carbonyl (C=O) groups is 1. The molecule has 5 heteroatoms. The van der Waals surface area contributed by atoms with Crippen LogP contribution >= 0.6 is 11.6 Å². The first-order valence-electron chi connectivity index (χ1n) is 3.79. The van der Waals surface area contributed by atoms with Gasteiger partial charge in [-0.3, -0.25) is 4.79 Å². The van der Waals surface area contributed by atoms with Crippen molar-refractivity contribution in [2.75, 3.05) is 0 Å². The summed E-state index contributed by atoms with van der Waals surface area (Å²) in [4.78, 5) is 10.4. The largest absolute Gasteiger partial charge is 0.481 e. The second-order valence-corrected chi connectivity index (χ2v) is 3.13. The van der Waals surface area contributed by atoms with Crippen molar-refractivity contribution in [2.45, 2.75) is 12.8 Å². The molecule has 0 bridgehead atoms. The van der Waals surface area contributed by atoms with E-state index in [9.17, 15) is 13.6 Å². The molecular weight excluding hydrogens is 214 g/mol. The maximum Gasteiger partial charge on any atom is 0.307 e. The third kappa shape index (κ3) is 2.67. The Morgan fingerprint density at radius 2 is 2.14 bits per heavy atom. The summed E-state index contributed by atoms with van der Waals surface area (Å²) in [6.07, 6.45) is -2.96. The Bertz CT molecular complexity index is 353. The van der Waals surface area contributed by atoms with Gasteiger partial charge in [0.15, 0.2) is 0 Å². The predicted molar refractivity (Wildman–Crippen MR) is 47.7 cm³/mol. The van der Waals surface area contributed by atoms with Crippen LogP contribution < -0.4 is 0 Å². The predicted octanol–water partition coefficient (Wildman–Crippen LogP) is 2.90. The van der Waals surface area contributed by atoms with Crippen LogP contribution in [-0.4, -0.2) is 11.1 Å². The Kier molecular flexibility index (Phi) is 3.41. The molecule has 0 aliphatic heterocycles. The van der Waals surface area contributed by atoms with Crippen LogP contribution in [0.2, 0.25) is 5.02 Å². The van der Waals surface area contributed by atoms with Gasteiger partial charge in [0.05, 0.1) is 6.42 Å². The molecule has 0 unspecified atom stereocenters. The average molecular weight is 221 g/mol. The fourth-order valence-corrected chi connectivity index (χ4v) is 1.21. The van der Waals surface area contributed by atoms with Gasteiger partial charge in [0.1, 0.15) is 0 Å². The first-order chi connectivity index (χ1) is 6.50. The van der Waals surface area contributed by atoms with Crippen LogP contribution in [0.25, 0.3) is 0 Å².